The minimum atomic E-state index is -0.149. The lowest BCUT2D eigenvalue weighted by molar-refractivity contribution is -0.116. The molecule has 0 spiro atoms. The summed E-state index contributed by atoms with van der Waals surface area (Å²) in [4.78, 5) is 25.3. The molecule has 4 aromatic rings. The molecule has 4 rings (SSSR count). The number of anilines is 1. The standard InChI is InChI=1S/C21H23N7O2/c1-3-11-26-18-6-4-5-7-19(18)27(21(26)30)12-10-20(29)23-16-8-9-17(15(2)13-16)28-14-22-24-25-28/h4-9,13-14H,3,10-12H2,1-2H3,(H,23,29). The summed E-state index contributed by atoms with van der Waals surface area (Å²) in [7, 11) is 0. The number of amides is 1. The zero-order valence-electron chi connectivity index (χ0n) is 16.9. The number of carbonyl (C=O) groups excluding carboxylic acids is 1. The van der Waals surface area contributed by atoms with Gasteiger partial charge in [-0.05, 0) is 59.7 Å². The number of para-hydroxylation sites is 2. The van der Waals surface area contributed by atoms with Crippen LogP contribution in [0.5, 0.6) is 0 Å². The van der Waals surface area contributed by atoms with Crippen molar-refractivity contribution in [2.75, 3.05) is 5.32 Å². The molecule has 0 aliphatic carbocycles. The van der Waals surface area contributed by atoms with Gasteiger partial charge in [-0.2, -0.15) is 0 Å². The average molecular weight is 405 g/mol. The van der Waals surface area contributed by atoms with Gasteiger partial charge in [-0.15, -0.1) is 5.10 Å². The Kier molecular flexibility index (Phi) is 5.42. The Labute approximate surface area is 172 Å². The Morgan fingerprint density at radius 1 is 1.07 bits per heavy atom. The van der Waals surface area contributed by atoms with Gasteiger partial charge in [0.05, 0.1) is 16.7 Å². The first-order valence-corrected chi connectivity index (χ1v) is 9.90. The molecule has 30 heavy (non-hydrogen) atoms. The first kappa shape index (κ1) is 19.6. The summed E-state index contributed by atoms with van der Waals surface area (Å²) in [5.74, 6) is -0.149. The Morgan fingerprint density at radius 3 is 2.43 bits per heavy atom. The second kappa shape index (κ2) is 8.32. The van der Waals surface area contributed by atoms with Gasteiger partial charge < -0.3 is 5.32 Å². The van der Waals surface area contributed by atoms with Crippen molar-refractivity contribution in [3.05, 3.63) is 64.8 Å². The molecule has 0 radical (unpaired) electrons. The molecule has 0 bridgehead atoms. The normalized spacial score (nSPS) is 11.1. The van der Waals surface area contributed by atoms with Gasteiger partial charge in [0.1, 0.15) is 6.33 Å². The topological polar surface area (TPSA) is 99.6 Å². The van der Waals surface area contributed by atoms with Crippen LogP contribution in [0.2, 0.25) is 0 Å². The number of hydrogen-bond acceptors (Lipinski definition) is 5. The van der Waals surface area contributed by atoms with Crippen LogP contribution in [0.15, 0.2) is 53.6 Å². The SMILES string of the molecule is CCCn1c(=O)n(CCC(=O)Nc2ccc(-n3cnnn3)c(C)c2)c2ccccc21. The van der Waals surface area contributed by atoms with Crippen LogP contribution in [0.25, 0.3) is 16.7 Å². The van der Waals surface area contributed by atoms with E-state index in [0.29, 0.717) is 18.8 Å². The van der Waals surface area contributed by atoms with Crippen LogP contribution >= 0.6 is 0 Å². The van der Waals surface area contributed by atoms with E-state index in [1.54, 1.807) is 19.9 Å². The van der Waals surface area contributed by atoms with Crippen LogP contribution in [0.4, 0.5) is 5.69 Å². The number of imidazole rings is 1. The van der Waals surface area contributed by atoms with E-state index in [1.165, 1.54) is 6.33 Å². The summed E-state index contributed by atoms with van der Waals surface area (Å²) in [5.41, 5.74) is 4.14. The number of rotatable bonds is 7. The van der Waals surface area contributed by atoms with Crippen LogP contribution < -0.4 is 11.0 Å². The summed E-state index contributed by atoms with van der Waals surface area (Å²) in [6.45, 7) is 4.95. The highest BCUT2D eigenvalue weighted by molar-refractivity contribution is 5.91. The summed E-state index contributed by atoms with van der Waals surface area (Å²) in [5, 5.41) is 14.1. The minimum Gasteiger partial charge on any atom is -0.326 e. The number of aromatic nitrogens is 6. The number of fused-ring (bicyclic) bond motifs is 1. The molecular formula is C21H23N7O2. The highest BCUT2D eigenvalue weighted by Gasteiger charge is 2.13. The van der Waals surface area contributed by atoms with E-state index in [1.807, 2.05) is 50.2 Å². The summed E-state index contributed by atoms with van der Waals surface area (Å²) >= 11 is 0. The van der Waals surface area contributed by atoms with E-state index < -0.39 is 0 Å². The molecule has 0 unspecified atom stereocenters. The number of carbonyl (C=O) groups is 1. The fraction of sp³-hybridized carbons (Fsp3) is 0.286. The van der Waals surface area contributed by atoms with Crippen molar-refractivity contribution in [1.82, 2.24) is 29.3 Å². The molecule has 0 aliphatic rings. The van der Waals surface area contributed by atoms with E-state index in [4.69, 9.17) is 0 Å². The van der Waals surface area contributed by atoms with E-state index in [2.05, 4.69) is 20.8 Å². The summed E-state index contributed by atoms with van der Waals surface area (Å²) < 4.78 is 5.02. The van der Waals surface area contributed by atoms with Crippen molar-refractivity contribution < 1.29 is 4.79 Å². The van der Waals surface area contributed by atoms with Gasteiger partial charge in [-0.3, -0.25) is 13.9 Å². The first-order valence-electron chi connectivity index (χ1n) is 9.90. The van der Waals surface area contributed by atoms with Gasteiger partial charge in [0.25, 0.3) is 0 Å². The third-order valence-electron chi connectivity index (χ3n) is 5.01. The maximum absolute atomic E-state index is 12.8. The third kappa shape index (κ3) is 3.73. The first-order chi connectivity index (χ1) is 14.6. The van der Waals surface area contributed by atoms with Crippen molar-refractivity contribution in [2.45, 2.75) is 39.8 Å². The van der Waals surface area contributed by atoms with E-state index >= 15 is 0 Å². The molecule has 2 aromatic heterocycles. The number of nitrogens with one attached hydrogen (secondary N) is 1. The molecule has 0 fully saturated rings. The molecule has 1 N–H and O–H groups in total. The molecule has 9 nitrogen and oxygen atoms in total. The second-order valence-electron chi connectivity index (χ2n) is 7.13. The van der Waals surface area contributed by atoms with Gasteiger partial charge in [-0.1, -0.05) is 19.1 Å². The molecule has 0 atom stereocenters. The predicted octanol–water partition coefficient (Wildman–Crippen LogP) is 2.53. The molecular weight excluding hydrogens is 382 g/mol. The number of tetrazole rings is 1. The maximum Gasteiger partial charge on any atom is 0.329 e. The number of aryl methyl sites for hydroxylation is 3. The number of hydrogen-bond donors (Lipinski definition) is 1. The fourth-order valence-corrected chi connectivity index (χ4v) is 3.63. The molecule has 2 heterocycles. The molecule has 0 saturated heterocycles. The van der Waals surface area contributed by atoms with Crippen molar-refractivity contribution in [3.63, 3.8) is 0 Å². The molecule has 154 valence electrons. The third-order valence-corrected chi connectivity index (χ3v) is 5.01. The summed E-state index contributed by atoms with van der Waals surface area (Å²) in [6.07, 6.45) is 2.59. The monoisotopic (exact) mass is 405 g/mol. The lowest BCUT2D eigenvalue weighted by Gasteiger charge is -2.09. The Balaban J connectivity index is 1.48. The van der Waals surface area contributed by atoms with Crippen LogP contribution in [0, 0.1) is 6.92 Å². The van der Waals surface area contributed by atoms with Crippen molar-refractivity contribution in [3.8, 4) is 5.69 Å². The van der Waals surface area contributed by atoms with E-state index in [9.17, 15) is 9.59 Å². The lowest BCUT2D eigenvalue weighted by Crippen LogP contribution is -2.26. The van der Waals surface area contributed by atoms with Crippen LogP contribution in [-0.4, -0.2) is 35.2 Å². The van der Waals surface area contributed by atoms with E-state index in [0.717, 1.165) is 28.7 Å². The maximum atomic E-state index is 12.8. The zero-order chi connectivity index (χ0) is 21.1. The fourth-order valence-electron chi connectivity index (χ4n) is 3.63. The van der Waals surface area contributed by atoms with Gasteiger partial charge >= 0.3 is 5.69 Å². The summed E-state index contributed by atoms with van der Waals surface area (Å²) in [6, 6.07) is 13.2. The quantitative estimate of drug-likeness (QED) is 0.509. The van der Waals surface area contributed by atoms with Crippen molar-refractivity contribution >= 4 is 22.6 Å². The number of benzene rings is 2. The molecule has 9 heteroatoms. The van der Waals surface area contributed by atoms with Gasteiger partial charge in [-0.25, -0.2) is 9.48 Å². The molecule has 1 amide bonds. The van der Waals surface area contributed by atoms with Crippen LogP contribution in [0.1, 0.15) is 25.3 Å². The van der Waals surface area contributed by atoms with Crippen molar-refractivity contribution in [1.29, 1.82) is 0 Å². The predicted molar refractivity (Wildman–Crippen MR) is 114 cm³/mol. The van der Waals surface area contributed by atoms with Gasteiger partial charge in [0.15, 0.2) is 0 Å². The number of nitrogens with zero attached hydrogens (tertiary/aromatic N) is 6. The largest absolute Gasteiger partial charge is 0.329 e. The Morgan fingerprint density at radius 2 is 1.80 bits per heavy atom. The highest BCUT2D eigenvalue weighted by Crippen LogP contribution is 2.18. The highest BCUT2D eigenvalue weighted by atomic mass is 16.2. The smallest absolute Gasteiger partial charge is 0.326 e. The van der Waals surface area contributed by atoms with Gasteiger partial charge in [0, 0.05) is 25.2 Å². The molecule has 2 aromatic carbocycles. The zero-order valence-corrected chi connectivity index (χ0v) is 16.9. The lowest BCUT2D eigenvalue weighted by atomic mass is 10.1. The van der Waals surface area contributed by atoms with Crippen LogP contribution in [-0.2, 0) is 17.9 Å². The Bertz CT molecular complexity index is 1240. The van der Waals surface area contributed by atoms with Crippen LogP contribution in [0.3, 0.4) is 0 Å². The Hall–Kier alpha value is -3.75. The second-order valence-corrected chi connectivity index (χ2v) is 7.13. The molecule has 0 aliphatic heterocycles. The average Bonchev–Trinajstić information content (AvgIpc) is 3.35. The van der Waals surface area contributed by atoms with Crippen molar-refractivity contribution in [2.24, 2.45) is 0 Å². The molecule has 0 saturated carbocycles. The minimum absolute atomic E-state index is 0.0764. The van der Waals surface area contributed by atoms with E-state index in [-0.39, 0.29) is 18.0 Å². The van der Waals surface area contributed by atoms with Gasteiger partial charge in [0.2, 0.25) is 5.91 Å².